The molecule has 8 aromatic carbocycles. The first-order valence-electron chi connectivity index (χ1n) is 15.9. The van der Waals surface area contributed by atoms with E-state index < -0.39 is 5.41 Å². The SMILES string of the molecule is c1ccc(C2(c3cccc(-c4cccc5c4Sc4cccc6cccc-5c46)c3)c3ccccc3-c3c2ccc2ccccc32)cc1. The fraction of sp³-hybridized carbons (Fsp3) is 0.0222. The fourth-order valence-corrected chi connectivity index (χ4v) is 9.54. The van der Waals surface area contributed by atoms with E-state index >= 15 is 0 Å². The molecule has 1 aliphatic carbocycles. The molecule has 1 atom stereocenters. The molecule has 0 nitrogen and oxygen atoms in total. The molecule has 0 saturated carbocycles. The Balaban J connectivity index is 1.25. The molecular formula is C45H28S. The molecule has 46 heavy (non-hydrogen) atoms. The molecule has 10 rings (SSSR count). The van der Waals surface area contributed by atoms with E-state index in [4.69, 9.17) is 0 Å². The summed E-state index contributed by atoms with van der Waals surface area (Å²) in [5, 5.41) is 5.25. The molecule has 1 heteroatoms. The summed E-state index contributed by atoms with van der Waals surface area (Å²) in [4.78, 5) is 2.66. The molecular weight excluding hydrogens is 573 g/mol. The van der Waals surface area contributed by atoms with Crippen LogP contribution in [0.1, 0.15) is 22.3 Å². The molecule has 1 unspecified atom stereocenters. The van der Waals surface area contributed by atoms with Crippen molar-refractivity contribution in [2.45, 2.75) is 15.2 Å². The fourth-order valence-electron chi connectivity index (χ4n) is 8.26. The van der Waals surface area contributed by atoms with Gasteiger partial charge >= 0.3 is 0 Å². The number of hydrogen-bond donors (Lipinski definition) is 0. The van der Waals surface area contributed by atoms with Crippen LogP contribution in [0.15, 0.2) is 180 Å². The van der Waals surface area contributed by atoms with Crippen LogP contribution in [0.2, 0.25) is 0 Å². The van der Waals surface area contributed by atoms with Crippen LogP contribution in [-0.2, 0) is 5.41 Å². The Bertz CT molecular complexity index is 2500. The van der Waals surface area contributed by atoms with Gasteiger partial charge in [0.15, 0.2) is 0 Å². The second-order valence-electron chi connectivity index (χ2n) is 12.4. The van der Waals surface area contributed by atoms with Crippen LogP contribution in [0.25, 0.3) is 54.9 Å². The lowest BCUT2D eigenvalue weighted by atomic mass is 9.67. The van der Waals surface area contributed by atoms with Crippen molar-refractivity contribution in [1.82, 2.24) is 0 Å². The van der Waals surface area contributed by atoms with Crippen LogP contribution in [0, 0.1) is 0 Å². The maximum atomic E-state index is 2.46. The highest BCUT2D eigenvalue weighted by Crippen LogP contribution is 2.58. The summed E-state index contributed by atoms with van der Waals surface area (Å²) in [6.07, 6.45) is 0. The second kappa shape index (κ2) is 9.81. The third kappa shape index (κ3) is 3.47. The molecule has 1 aliphatic heterocycles. The van der Waals surface area contributed by atoms with E-state index in [1.165, 1.54) is 87.0 Å². The monoisotopic (exact) mass is 600 g/mol. The van der Waals surface area contributed by atoms with Crippen molar-refractivity contribution in [3.05, 3.63) is 192 Å². The average molecular weight is 601 g/mol. The van der Waals surface area contributed by atoms with E-state index in [1.807, 2.05) is 11.8 Å². The minimum absolute atomic E-state index is 0.451. The van der Waals surface area contributed by atoms with E-state index in [0.29, 0.717) is 0 Å². The van der Waals surface area contributed by atoms with Crippen molar-refractivity contribution >= 4 is 33.3 Å². The summed E-state index contributed by atoms with van der Waals surface area (Å²) in [6, 6.07) is 63.3. The second-order valence-corrected chi connectivity index (χ2v) is 13.4. The van der Waals surface area contributed by atoms with Crippen molar-refractivity contribution in [1.29, 1.82) is 0 Å². The minimum atomic E-state index is -0.451. The van der Waals surface area contributed by atoms with Gasteiger partial charge in [-0.25, -0.2) is 0 Å². The first kappa shape index (κ1) is 25.9. The summed E-state index contributed by atoms with van der Waals surface area (Å²) in [6.45, 7) is 0. The molecule has 0 fully saturated rings. The van der Waals surface area contributed by atoms with Gasteiger partial charge in [0.25, 0.3) is 0 Å². The van der Waals surface area contributed by atoms with Gasteiger partial charge in [0.05, 0.1) is 5.41 Å². The van der Waals surface area contributed by atoms with Crippen molar-refractivity contribution in [2.24, 2.45) is 0 Å². The van der Waals surface area contributed by atoms with Gasteiger partial charge < -0.3 is 0 Å². The van der Waals surface area contributed by atoms with Gasteiger partial charge in [0.1, 0.15) is 0 Å². The maximum Gasteiger partial charge on any atom is 0.0714 e. The first-order chi connectivity index (χ1) is 22.8. The van der Waals surface area contributed by atoms with Gasteiger partial charge in [0.2, 0.25) is 0 Å². The smallest absolute Gasteiger partial charge is 0.0714 e. The highest BCUT2D eigenvalue weighted by atomic mass is 32.2. The van der Waals surface area contributed by atoms with Crippen LogP contribution in [0.3, 0.4) is 0 Å². The van der Waals surface area contributed by atoms with Gasteiger partial charge in [-0.15, -0.1) is 0 Å². The Labute approximate surface area is 273 Å². The lowest BCUT2D eigenvalue weighted by Crippen LogP contribution is -2.28. The number of rotatable bonds is 3. The molecule has 214 valence electrons. The van der Waals surface area contributed by atoms with Gasteiger partial charge in [-0.3, -0.25) is 0 Å². The maximum absolute atomic E-state index is 2.46. The lowest BCUT2D eigenvalue weighted by molar-refractivity contribution is 0.769. The molecule has 8 aromatic rings. The number of benzene rings is 8. The normalized spacial score (nSPS) is 15.8. The van der Waals surface area contributed by atoms with Gasteiger partial charge in [-0.05, 0) is 83.9 Å². The van der Waals surface area contributed by atoms with Crippen LogP contribution in [0.4, 0.5) is 0 Å². The lowest BCUT2D eigenvalue weighted by Gasteiger charge is -2.34. The van der Waals surface area contributed by atoms with Crippen LogP contribution >= 0.6 is 11.8 Å². The molecule has 1 heterocycles. The van der Waals surface area contributed by atoms with Crippen molar-refractivity contribution in [3.63, 3.8) is 0 Å². The van der Waals surface area contributed by atoms with Crippen molar-refractivity contribution in [2.75, 3.05) is 0 Å². The van der Waals surface area contributed by atoms with Gasteiger partial charge in [-0.2, -0.15) is 0 Å². The summed E-state index contributed by atoms with van der Waals surface area (Å²) >= 11 is 1.91. The summed E-state index contributed by atoms with van der Waals surface area (Å²) in [7, 11) is 0. The Morgan fingerprint density at radius 1 is 0.413 bits per heavy atom. The van der Waals surface area contributed by atoms with Crippen molar-refractivity contribution < 1.29 is 0 Å². The molecule has 0 aromatic heterocycles. The van der Waals surface area contributed by atoms with Crippen LogP contribution < -0.4 is 0 Å². The van der Waals surface area contributed by atoms with Crippen molar-refractivity contribution in [3.8, 4) is 33.4 Å². The van der Waals surface area contributed by atoms with Gasteiger partial charge in [0, 0.05) is 15.2 Å². The van der Waals surface area contributed by atoms with E-state index in [2.05, 4.69) is 170 Å². The standard InChI is InChI=1S/C45H28S/c1-2-16-32(17-3-1)45(39-24-7-6-20-38(39)43-34-19-5-4-12-29(34)26-27-40(43)45)33-18-8-15-31(28-33)35-21-11-23-37-36-22-9-13-30-14-10-25-41(42(30)36)46-44(35)37/h1-28H. The first-order valence-corrected chi connectivity index (χ1v) is 16.8. The van der Waals surface area contributed by atoms with E-state index in [1.54, 1.807) is 0 Å². The zero-order valence-corrected chi connectivity index (χ0v) is 25.9. The third-order valence-corrected chi connectivity index (χ3v) is 11.3. The van der Waals surface area contributed by atoms with Gasteiger partial charge in [-0.1, -0.05) is 169 Å². The molecule has 0 radical (unpaired) electrons. The predicted molar refractivity (Wildman–Crippen MR) is 194 cm³/mol. The Kier molecular flexibility index (Phi) is 5.53. The Morgan fingerprint density at radius 2 is 1.09 bits per heavy atom. The third-order valence-electron chi connectivity index (χ3n) is 10.1. The largest absolute Gasteiger partial charge is 0.0881 e. The van der Waals surface area contributed by atoms with E-state index in [-0.39, 0.29) is 0 Å². The molecule has 0 N–H and O–H groups in total. The Hall–Kier alpha value is -5.37. The predicted octanol–water partition coefficient (Wildman–Crippen LogP) is 12.2. The topological polar surface area (TPSA) is 0 Å². The molecule has 2 aliphatic rings. The van der Waals surface area contributed by atoms with E-state index in [9.17, 15) is 0 Å². The molecule has 0 saturated heterocycles. The average Bonchev–Trinajstić information content (AvgIpc) is 3.44. The quantitative estimate of drug-likeness (QED) is 0.194. The zero-order valence-electron chi connectivity index (χ0n) is 25.1. The zero-order chi connectivity index (χ0) is 30.2. The molecule has 0 spiro atoms. The highest BCUT2D eigenvalue weighted by molar-refractivity contribution is 8.00. The minimum Gasteiger partial charge on any atom is -0.0881 e. The summed E-state index contributed by atoms with van der Waals surface area (Å²) in [5.74, 6) is 0. The van der Waals surface area contributed by atoms with Crippen LogP contribution in [-0.4, -0.2) is 0 Å². The summed E-state index contributed by atoms with van der Waals surface area (Å²) < 4.78 is 0. The Morgan fingerprint density at radius 3 is 2.02 bits per heavy atom. The molecule has 0 bridgehead atoms. The summed E-state index contributed by atoms with van der Waals surface area (Å²) in [5.41, 5.74) is 12.7. The number of fused-ring (bicyclic) bond motifs is 7. The van der Waals surface area contributed by atoms with E-state index in [0.717, 1.165) is 0 Å². The van der Waals surface area contributed by atoms with Crippen LogP contribution in [0.5, 0.6) is 0 Å². The molecule has 0 amide bonds. The number of hydrogen-bond acceptors (Lipinski definition) is 1. The highest BCUT2D eigenvalue weighted by Gasteiger charge is 2.46.